The number of benzene rings is 1. The molecule has 2 aromatic rings. The second-order valence-corrected chi connectivity index (χ2v) is 5.53. The lowest BCUT2D eigenvalue weighted by molar-refractivity contribution is 0.174. The fraction of sp³-hybridized carbons (Fsp3) is 0.333. The maximum atomic E-state index is 11.9. The minimum absolute atomic E-state index is 0.227. The normalized spacial score (nSPS) is 25.5. The molecule has 0 aromatic heterocycles. The molecule has 3 aliphatic rings. The first-order valence-electron chi connectivity index (χ1n) is 6.53. The summed E-state index contributed by atoms with van der Waals surface area (Å²) in [5.41, 5.74) is 2.85. The largest absolute Gasteiger partial charge is 0.454 e. The number of hydrogen-bond acceptors (Lipinski definition) is 4. The molecule has 2 atom stereocenters. The Morgan fingerprint density at radius 1 is 0.947 bits per heavy atom. The van der Waals surface area contributed by atoms with Gasteiger partial charge in [0.1, 0.15) is 0 Å². The Balaban J connectivity index is 1.85. The van der Waals surface area contributed by atoms with E-state index < -0.39 is 0 Å². The second-order valence-electron chi connectivity index (χ2n) is 5.53. The molecule has 5 rings (SSSR count). The molecule has 2 aromatic carbocycles. The van der Waals surface area contributed by atoms with Crippen molar-refractivity contribution in [2.75, 3.05) is 6.79 Å². The van der Waals surface area contributed by atoms with Crippen molar-refractivity contribution in [2.24, 2.45) is 0 Å². The Labute approximate surface area is 108 Å². The van der Waals surface area contributed by atoms with Crippen LogP contribution >= 0.6 is 0 Å². The van der Waals surface area contributed by atoms with E-state index in [1.807, 2.05) is 12.1 Å². The van der Waals surface area contributed by atoms with E-state index in [1.54, 1.807) is 0 Å². The lowest BCUT2D eigenvalue weighted by Crippen LogP contribution is -2.45. The summed E-state index contributed by atoms with van der Waals surface area (Å²) in [6.07, 6.45) is 2.09. The summed E-state index contributed by atoms with van der Waals surface area (Å²) in [6, 6.07) is 3.86. The van der Waals surface area contributed by atoms with Crippen LogP contribution in [0.3, 0.4) is 0 Å². The average molecular weight is 254 g/mol. The van der Waals surface area contributed by atoms with Gasteiger partial charge in [-0.1, -0.05) is 0 Å². The number of hydrogen-bond donors (Lipinski definition) is 0. The van der Waals surface area contributed by atoms with E-state index in [0.717, 1.165) is 35.3 Å². The standard InChI is InChI=1S/C15H10O4/c16-14-12-7-2-1-6(7)8-3-10-11(19-5-18-10)4-9(8)13(12)15(14)17/h3-4,6-7H,1-2,5H2. The molecular formula is C15H10O4. The van der Waals surface area contributed by atoms with E-state index >= 15 is 0 Å². The van der Waals surface area contributed by atoms with Gasteiger partial charge in [0.05, 0.1) is 0 Å². The van der Waals surface area contributed by atoms with Crippen LogP contribution in [0, 0.1) is 0 Å². The van der Waals surface area contributed by atoms with Gasteiger partial charge in [0, 0.05) is 11.1 Å². The van der Waals surface area contributed by atoms with E-state index in [1.165, 1.54) is 0 Å². The minimum atomic E-state index is -0.333. The first-order valence-corrected chi connectivity index (χ1v) is 6.53. The first-order chi connectivity index (χ1) is 9.25. The summed E-state index contributed by atoms with van der Waals surface area (Å²) in [4.78, 5) is 23.6. The van der Waals surface area contributed by atoms with Gasteiger partial charge in [0.15, 0.2) is 11.5 Å². The van der Waals surface area contributed by atoms with Crippen molar-refractivity contribution in [2.45, 2.75) is 24.7 Å². The van der Waals surface area contributed by atoms with E-state index in [0.29, 0.717) is 17.2 Å². The predicted octanol–water partition coefficient (Wildman–Crippen LogP) is 1.65. The Hall–Kier alpha value is -2.10. The summed E-state index contributed by atoms with van der Waals surface area (Å²) in [5, 5.41) is 0. The van der Waals surface area contributed by atoms with Gasteiger partial charge in [-0.2, -0.15) is 0 Å². The van der Waals surface area contributed by atoms with Crippen LogP contribution in [0.1, 0.15) is 35.8 Å². The van der Waals surface area contributed by atoms with Crippen molar-refractivity contribution in [3.8, 4) is 22.6 Å². The van der Waals surface area contributed by atoms with Gasteiger partial charge in [0.2, 0.25) is 17.7 Å². The van der Waals surface area contributed by atoms with Crippen molar-refractivity contribution in [1.82, 2.24) is 0 Å². The molecule has 94 valence electrons. The van der Waals surface area contributed by atoms with Crippen LogP contribution in [0.15, 0.2) is 21.7 Å². The topological polar surface area (TPSA) is 52.6 Å². The molecule has 1 aliphatic heterocycles. The Bertz CT molecular complexity index is 810. The third-order valence-corrected chi connectivity index (χ3v) is 4.81. The van der Waals surface area contributed by atoms with Crippen LogP contribution in [0.4, 0.5) is 0 Å². The Morgan fingerprint density at radius 3 is 2.42 bits per heavy atom. The smallest absolute Gasteiger partial charge is 0.234 e. The molecule has 1 fully saturated rings. The van der Waals surface area contributed by atoms with Crippen LogP contribution < -0.4 is 20.3 Å². The highest BCUT2D eigenvalue weighted by Crippen LogP contribution is 2.57. The number of fused-ring (bicyclic) bond motifs is 7. The lowest BCUT2D eigenvalue weighted by atomic mass is 9.59. The summed E-state index contributed by atoms with van der Waals surface area (Å²) in [5.74, 6) is 2.07. The van der Waals surface area contributed by atoms with Gasteiger partial charge >= 0.3 is 0 Å². The van der Waals surface area contributed by atoms with Crippen LogP contribution in [0.25, 0.3) is 11.1 Å². The number of ether oxygens (including phenoxy) is 2. The van der Waals surface area contributed by atoms with E-state index in [4.69, 9.17) is 9.47 Å². The summed E-state index contributed by atoms with van der Waals surface area (Å²) >= 11 is 0. The van der Waals surface area contributed by atoms with E-state index in [-0.39, 0.29) is 23.6 Å². The average Bonchev–Trinajstić information content (AvgIpc) is 2.82. The summed E-state index contributed by atoms with van der Waals surface area (Å²) < 4.78 is 10.8. The molecular weight excluding hydrogens is 244 g/mol. The molecule has 1 heterocycles. The van der Waals surface area contributed by atoms with Crippen molar-refractivity contribution >= 4 is 0 Å². The molecule has 0 saturated heterocycles. The molecule has 19 heavy (non-hydrogen) atoms. The fourth-order valence-corrected chi connectivity index (χ4v) is 3.73. The molecule has 2 aliphatic carbocycles. The Morgan fingerprint density at radius 2 is 1.68 bits per heavy atom. The number of rotatable bonds is 0. The molecule has 4 nitrogen and oxygen atoms in total. The van der Waals surface area contributed by atoms with Crippen molar-refractivity contribution in [3.05, 3.63) is 43.7 Å². The van der Waals surface area contributed by atoms with Gasteiger partial charge in [-0.15, -0.1) is 0 Å². The minimum Gasteiger partial charge on any atom is -0.454 e. The van der Waals surface area contributed by atoms with E-state index in [9.17, 15) is 9.59 Å². The maximum absolute atomic E-state index is 11.9. The lowest BCUT2D eigenvalue weighted by Gasteiger charge is -2.43. The van der Waals surface area contributed by atoms with Crippen molar-refractivity contribution < 1.29 is 9.47 Å². The van der Waals surface area contributed by atoms with Crippen molar-refractivity contribution in [3.63, 3.8) is 0 Å². The van der Waals surface area contributed by atoms with Crippen LogP contribution in [-0.4, -0.2) is 6.79 Å². The first kappa shape index (κ1) is 9.78. The molecule has 0 radical (unpaired) electrons. The highest BCUT2D eigenvalue weighted by molar-refractivity contribution is 5.81. The molecule has 0 bridgehead atoms. The van der Waals surface area contributed by atoms with E-state index in [2.05, 4.69) is 0 Å². The predicted molar refractivity (Wildman–Crippen MR) is 67.6 cm³/mol. The molecule has 2 unspecified atom stereocenters. The third kappa shape index (κ3) is 0.949. The Kier molecular flexibility index (Phi) is 1.49. The summed E-state index contributed by atoms with van der Waals surface area (Å²) in [7, 11) is 0. The van der Waals surface area contributed by atoms with Gasteiger partial charge in [0.25, 0.3) is 0 Å². The maximum Gasteiger partial charge on any atom is 0.234 e. The SMILES string of the molecule is O=c1c2c(c1=O)C1CCC1c1cc3c(cc1-2)OCO3. The monoisotopic (exact) mass is 254 g/mol. The highest BCUT2D eigenvalue weighted by Gasteiger charge is 2.46. The zero-order valence-electron chi connectivity index (χ0n) is 10.1. The van der Waals surface area contributed by atoms with Gasteiger partial charge < -0.3 is 9.47 Å². The quantitative estimate of drug-likeness (QED) is 0.671. The molecule has 1 saturated carbocycles. The molecule has 0 amide bonds. The van der Waals surface area contributed by atoms with Crippen LogP contribution in [0.2, 0.25) is 0 Å². The molecule has 4 heteroatoms. The fourth-order valence-electron chi connectivity index (χ4n) is 3.73. The second kappa shape index (κ2) is 2.90. The van der Waals surface area contributed by atoms with Crippen LogP contribution in [-0.2, 0) is 0 Å². The third-order valence-electron chi connectivity index (χ3n) is 4.81. The highest BCUT2D eigenvalue weighted by atomic mass is 16.7. The van der Waals surface area contributed by atoms with Gasteiger partial charge in [-0.05, 0) is 47.9 Å². The van der Waals surface area contributed by atoms with Gasteiger partial charge in [-0.25, -0.2) is 0 Å². The van der Waals surface area contributed by atoms with Crippen LogP contribution in [0.5, 0.6) is 11.5 Å². The summed E-state index contributed by atoms with van der Waals surface area (Å²) in [6.45, 7) is 0.227. The van der Waals surface area contributed by atoms with Crippen molar-refractivity contribution in [1.29, 1.82) is 0 Å². The molecule has 0 spiro atoms. The zero-order chi connectivity index (χ0) is 12.7. The van der Waals surface area contributed by atoms with Gasteiger partial charge in [-0.3, -0.25) is 9.59 Å². The zero-order valence-corrected chi connectivity index (χ0v) is 10.1. The molecule has 0 N–H and O–H groups in total.